The summed E-state index contributed by atoms with van der Waals surface area (Å²) in [5.41, 5.74) is 6.87. The predicted octanol–water partition coefficient (Wildman–Crippen LogP) is 3.97. The molecule has 0 spiro atoms. The monoisotopic (exact) mass is 292 g/mol. The second kappa shape index (κ2) is 6.27. The first kappa shape index (κ1) is 15.1. The number of hydrogen-bond acceptors (Lipinski definition) is 2. The summed E-state index contributed by atoms with van der Waals surface area (Å²) >= 11 is 5.95. The number of nitrogens with two attached hydrogens (primary N) is 1. The van der Waals surface area contributed by atoms with Crippen LogP contribution in [0.1, 0.15) is 18.0 Å². The zero-order valence-electron chi connectivity index (χ0n) is 9.32. The van der Waals surface area contributed by atoms with Gasteiger partial charge in [0.25, 0.3) is 0 Å². The van der Waals surface area contributed by atoms with Gasteiger partial charge in [0.15, 0.2) is 0 Å². The number of aromatic nitrogens is 1. The number of rotatable bonds is 3. The molecule has 2 nitrogen and oxygen atoms in total. The van der Waals surface area contributed by atoms with Crippen LogP contribution in [0.4, 0.5) is 8.78 Å². The standard InChI is InChI=1S/C12H11ClF2N2.ClH/c13-12-8(9(16)6-11(14)15)5-7-3-1-2-4-10(7)17-12;/h1-5,9,11H,6,16H2;1H/t9-;/m0./s1. The van der Waals surface area contributed by atoms with Gasteiger partial charge in [0.2, 0.25) is 6.43 Å². The Morgan fingerprint density at radius 2 is 1.94 bits per heavy atom. The average Bonchev–Trinajstić information content (AvgIpc) is 2.27. The molecule has 0 unspecified atom stereocenters. The van der Waals surface area contributed by atoms with E-state index in [0.29, 0.717) is 5.56 Å². The molecule has 0 saturated heterocycles. The van der Waals surface area contributed by atoms with Crippen LogP contribution in [0.25, 0.3) is 10.9 Å². The lowest BCUT2D eigenvalue weighted by Crippen LogP contribution is -2.15. The summed E-state index contributed by atoms with van der Waals surface area (Å²) in [4.78, 5) is 4.14. The van der Waals surface area contributed by atoms with Crippen LogP contribution in [-0.2, 0) is 0 Å². The van der Waals surface area contributed by atoms with Gasteiger partial charge in [-0.15, -0.1) is 12.4 Å². The van der Waals surface area contributed by atoms with Gasteiger partial charge >= 0.3 is 0 Å². The fraction of sp³-hybridized carbons (Fsp3) is 0.250. The molecule has 0 aliphatic heterocycles. The lowest BCUT2D eigenvalue weighted by atomic mass is 10.0. The van der Waals surface area contributed by atoms with Crippen molar-refractivity contribution in [1.29, 1.82) is 0 Å². The van der Waals surface area contributed by atoms with E-state index in [0.717, 1.165) is 10.9 Å². The highest BCUT2D eigenvalue weighted by molar-refractivity contribution is 6.30. The minimum absolute atomic E-state index is 0. The van der Waals surface area contributed by atoms with Gasteiger partial charge in [0.1, 0.15) is 5.15 Å². The van der Waals surface area contributed by atoms with Crippen LogP contribution in [0.2, 0.25) is 5.15 Å². The zero-order chi connectivity index (χ0) is 12.4. The van der Waals surface area contributed by atoms with E-state index >= 15 is 0 Å². The summed E-state index contributed by atoms with van der Waals surface area (Å²) in [6.45, 7) is 0. The van der Waals surface area contributed by atoms with Crippen LogP contribution in [-0.4, -0.2) is 11.4 Å². The molecule has 0 saturated carbocycles. The molecule has 1 aromatic heterocycles. The Balaban J connectivity index is 0.00000162. The summed E-state index contributed by atoms with van der Waals surface area (Å²) in [5.74, 6) is 0. The first-order chi connectivity index (χ1) is 8.08. The molecule has 98 valence electrons. The number of fused-ring (bicyclic) bond motifs is 1. The van der Waals surface area contributed by atoms with E-state index in [4.69, 9.17) is 17.3 Å². The number of hydrogen-bond donors (Lipinski definition) is 1. The molecule has 0 aliphatic carbocycles. The van der Waals surface area contributed by atoms with Crippen molar-refractivity contribution in [3.63, 3.8) is 0 Å². The molecule has 2 aromatic rings. The van der Waals surface area contributed by atoms with E-state index < -0.39 is 18.9 Å². The Morgan fingerprint density at radius 3 is 2.61 bits per heavy atom. The third-order valence-electron chi connectivity index (χ3n) is 2.54. The molecular formula is C12H12Cl2F2N2. The summed E-state index contributed by atoms with van der Waals surface area (Å²) in [7, 11) is 0. The largest absolute Gasteiger partial charge is 0.324 e. The van der Waals surface area contributed by atoms with Crippen molar-refractivity contribution in [2.75, 3.05) is 0 Å². The number of nitrogens with zero attached hydrogens (tertiary/aromatic N) is 1. The number of halogens is 4. The summed E-state index contributed by atoms with van der Waals surface area (Å²) < 4.78 is 24.5. The highest BCUT2D eigenvalue weighted by Crippen LogP contribution is 2.27. The molecule has 0 radical (unpaired) electrons. The maximum Gasteiger partial charge on any atom is 0.240 e. The van der Waals surface area contributed by atoms with Gasteiger partial charge in [0.05, 0.1) is 5.52 Å². The van der Waals surface area contributed by atoms with Crippen molar-refractivity contribution in [2.45, 2.75) is 18.9 Å². The van der Waals surface area contributed by atoms with Crippen molar-refractivity contribution < 1.29 is 8.78 Å². The Hall–Kier alpha value is -0.970. The zero-order valence-corrected chi connectivity index (χ0v) is 10.9. The SMILES string of the molecule is Cl.N[C@@H](CC(F)F)c1cc2ccccc2nc1Cl. The van der Waals surface area contributed by atoms with E-state index in [-0.39, 0.29) is 17.6 Å². The topological polar surface area (TPSA) is 38.9 Å². The first-order valence-electron chi connectivity index (χ1n) is 5.17. The Kier molecular flexibility index (Phi) is 5.26. The molecule has 0 fully saturated rings. The Bertz CT molecular complexity index is 534. The van der Waals surface area contributed by atoms with Gasteiger partial charge < -0.3 is 5.73 Å². The lowest BCUT2D eigenvalue weighted by Gasteiger charge is -2.13. The quantitative estimate of drug-likeness (QED) is 0.870. The third kappa shape index (κ3) is 3.28. The summed E-state index contributed by atoms with van der Waals surface area (Å²) in [6, 6.07) is 8.27. The Morgan fingerprint density at radius 1 is 1.28 bits per heavy atom. The van der Waals surface area contributed by atoms with E-state index in [1.165, 1.54) is 0 Å². The maximum atomic E-state index is 12.3. The van der Waals surface area contributed by atoms with Crippen LogP contribution < -0.4 is 5.73 Å². The minimum Gasteiger partial charge on any atom is -0.324 e. The number of para-hydroxylation sites is 1. The van der Waals surface area contributed by atoms with Crippen molar-refractivity contribution in [3.05, 3.63) is 41.0 Å². The second-order valence-electron chi connectivity index (χ2n) is 3.79. The fourth-order valence-corrected chi connectivity index (χ4v) is 1.97. The summed E-state index contributed by atoms with van der Waals surface area (Å²) in [5, 5.41) is 1.04. The van der Waals surface area contributed by atoms with Crippen LogP contribution in [0, 0.1) is 0 Å². The number of alkyl halides is 2. The second-order valence-corrected chi connectivity index (χ2v) is 4.15. The van der Waals surface area contributed by atoms with Crippen LogP contribution in [0.3, 0.4) is 0 Å². The highest BCUT2D eigenvalue weighted by Gasteiger charge is 2.17. The molecule has 18 heavy (non-hydrogen) atoms. The first-order valence-corrected chi connectivity index (χ1v) is 5.54. The molecular weight excluding hydrogens is 281 g/mol. The van der Waals surface area contributed by atoms with Gasteiger partial charge in [-0.05, 0) is 12.1 Å². The normalized spacial score (nSPS) is 12.5. The molecule has 1 aromatic carbocycles. The molecule has 1 atom stereocenters. The molecule has 2 N–H and O–H groups in total. The molecule has 0 amide bonds. The predicted molar refractivity (Wildman–Crippen MR) is 71.6 cm³/mol. The lowest BCUT2D eigenvalue weighted by molar-refractivity contribution is 0.128. The van der Waals surface area contributed by atoms with Gasteiger partial charge in [-0.3, -0.25) is 0 Å². The maximum absolute atomic E-state index is 12.3. The van der Waals surface area contributed by atoms with Gasteiger partial charge in [0, 0.05) is 23.4 Å². The molecule has 0 aliphatic rings. The van der Waals surface area contributed by atoms with Crippen LogP contribution in [0.15, 0.2) is 30.3 Å². The van der Waals surface area contributed by atoms with Gasteiger partial charge in [-0.25, -0.2) is 13.8 Å². The van der Waals surface area contributed by atoms with Crippen molar-refractivity contribution in [3.8, 4) is 0 Å². The molecule has 1 heterocycles. The molecule has 0 bridgehead atoms. The van der Waals surface area contributed by atoms with E-state index in [1.807, 2.05) is 24.3 Å². The van der Waals surface area contributed by atoms with Crippen molar-refractivity contribution in [1.82, 2.24) is 4.98 Å². The molecule has 2 rings (SSSR count). The number of pyridine rings is 1. The van der Waals surface area contributed by atoms with Crippen LogP contribution >= 0.6 is 24.0 Å². The fourth-order valence-electron chi connectivity index (χ4n) is 1.69. The van der Waals surface area contributed by atoms with Gasteiger partial charge in [-0.1, -0.05) is 29.8 Å². The third-order valence-corrected chi connectivity index (χ3v) is 2.84. The van der Waals surface area contributed by atoms with Gasteiger partial charge in [-0.2, -0.15) is 0 Å². The van der Waals surface area contributed by atoms with Crippen molar-refractivity contribution >= 4 is 34.9 Å². The van der Waals surface area contributed by atoms with Crippen LogP contribution in [0.5, 0.6) is 0 Å². The Labute approximate surface area is 115 Å². The van der Waals surface area contributed by atoms with Crippen molar-refractivity contribution in [2.24, 2.45) is 5.73 Å². The smallest absolute Gasteiger partial charge is 0.240 e. The minimum atomic E-state index is -2.45. The summed E-state index contributed by atoms with van der Waals surface area (Å²) in [6.07, 6.45) is -2.87. The highest BCUT2D eigenvalue weighted by atomic mass is 35.5. The van der Waals surface area contributed by atoms with E-state index in [2.05, 4.69) is 4.98 Å². The molecule has 6 heteroatoms. The van der Waals surface area contributed by atoms with E-state index in [9.17, 15) is 8.78 Å². The number of benzene rings is 1. The van der Waals surface area contributed by atoms with E-state index in [1.54, 1.807) is 6.07 Å². The average molecular weight is 293 g/mol.